The fourth-order valence-electron chi connectivity index (χ4n) is 3.48. The number of carbonyl (C=O) groups is 1. The molecule has 1 fully saturated rings. The van der Waals surface area contributed by atoms with Crippen LogP contribution in [0.15, 0.2) is 47.8 Å². The van der Waals surface area contributed by atoms with Gasteiger partial charge in [-0.25, -0.2) is 0 Å². The molecule has 1 aliphatic rings. The molecule has 140 valence electrons. The first kappa shape index (κ1) is 19.1. The standard InChI is InChI=1S/C21H29N3OS/c1-17(18-7-4-3-5-8-18)15-21(25)22-16-19(20-9-6-14-26-20)24-12-10-23(2)11-13-24/h3-9,14,17,19H,10-13,15-16H2,1-2H3,(H,22,25). The molecule has 2 atom stereocenters. The molecule has 3 rings (SSSR count). The largest absolute Gasteiger partial charge is 0.354 e. The quantitative estimate of drug-likeness (QED) is 0.811. The minimum absolute atomic E-state index is 0.136. The predicted molar refractivity (Wildman–Crippen MR) is 109 cm³/mol. The highest BCUT2D eigenvalue weighted by atomic mass is 32.1. The van der Waals surface area contributed by atoms with Crippen molar-refractivity contribution in [1.82, 2.24) is 15.1 Å². The van der Waals surface area contributed by atoms with Crippen LogP contribution >= 0.6 is 11.3 Å². The van der Waals surface area contributed by atoms with E-state index >= 15 is 0 Å². The monoisotopic (exact) mass is 371 g/mol. The van der Waals surface area contributed by atoms with Crippen LogP contribution in [-0.4, -0.2) is 55.5 Å². The number of hydrogen-bond donors (Lipinski definition) is 1. The number of benzene rings is 1. The highest BCUT2D eigenvalue weighted by Crippen LogP contribution is 2.26. The molecule has 2 heterocycles. The highest BCUT2D eigenvalue weighted by molar-refractivity contribution is 7.10. The number of likely N-dealkylation sites (N-methyl/N-ethyl adjacent to an activating group) is 1. The molecule has 0 radical (unpaired) electrons. The van der Waals surface area contributed by atoms with E-state index in [0.717, 1.165) is 26.2 Å². The summed E-state index contributed by atoms with van der Waals surface area (Å²) in [4.78, 5) is 18.7. The summed E-state index contributed by atoms with van der Waals surface area (Å²) in [5, 5.41) is 5.32. The summed E-state index contributed by atoms with van der Waals surface area (Å²) in [6.45, 7) is 7.07. The van der Waals surface area contributed by atoms with Crippen LogP contribution in [0.5, 0.6) is 0 Å². The Hall–Kier alpha value is -1.69. The minimum atomic E-state index is 0.136. The second-order valence-electron chi connectivity index (χ2n) is 7.19. The van der Waals surface area contributed by atoms with E-state index in [0.29, 0.717) is 13.0 Å². The Bertz CT molecular complexity index is 666. The van der Waals surface area contributed by atoms with Crippen molar-refractivity contribution in [1.29, 1.82) is 0 Å². The number of piperazine rings is 1. The van der Waals surface area contributed by atoms with Gasteiger partial charge in [0, 0.05) is 44.0 Å². The first-order chi connectivity index (χ1) is 12.6. The lowest BCUT2D eigenvalue weighted by Crippen LogP contribution is -2.48. The Kier molecular flexibility index (Phi) is 6.83. The van der Waals surface area contributed by atoms with Crippen molar-refractivity contribution in [2.75, 3.05) is 39.8 Å². The molecule has 1 N–H and O–H groups in total. The summed E-state index contributed by atoms with van der Waals surface area (Å²) in [5.74, 6) is 0.372. The van der Waals surface area contributed by atoms with Gasteiger partial charge in [-0.05, 0) is 30.0 Å². The summed E-state index contributed by atoms with van der Waals surface area (Å²) in [6.07, 6.45) is 0.532. The summed E-state index contributed by atoms with van der Waals surface area (Å²) >= 11 is 1.78. The van der Waals surface area contributed by atoms with Crippen LogP contribution in [0, 0.1) is 0 Å². The molecule has 26 heavy (non-hydrogen) atoms. The van der Waals surface area contributed by atoms with Gasteiger partial charge in [-0.2, -0.15) is 0 Å². The Morgan fingerprint density at radius 1 is 1.12 bits per heavy atom. The van der Waals surface area contributed by atoms with Crippen molar-refractivity contribution < 1.29 is 4.79 Å². The highest BCUT2D eigenvalue weighted by Gasteiger charge is 2.25. The molecular formula is C21H29N3OS. The van der Waals surface area contributed by atoms with Crippen LogP contribution in [0.4, 0.5) is 0 Å². The molecule has 0 saturated carbocycles. The van der Waals surface area contributed by atoms with Gasteiger partial charge in [-0.3, -0.25) is 9.69 Å². The van der Waals surface area contributed by atoms with Gasteiger partial charge in [0.15, 0.2) is 0 Å². The van der Waals surface area contributed by atoms with E-state index < -0.39 is 0 Å². The van der Waals surface area contributed by atoms with E-state index in [1.807, 2.05) is 18.2 Å². The van der Waals surface area contributed by atoms with Crippen LogP contribution in [-0.2, 0) is 4.79 Å². The van der Waals surface area contributed by atoms with Crippen molar-refractivity contribution in [3.05, 3.63) is 58.3 Å². The van der Waals surface area contributed by atoms with Gasteiger partial charge in [0.2, 0.25) is 5.91 Å². The van der Waals surface area contributed by atoms with Crippen molar-refractivity contribution >= 4 is 17.2 Å². The zero-order valence-electron chi connectivity index (χ0n) is 15.7. The van der Waals surface area contributed by atoms with Crippen LogP contribution < -0.4 is 5.32 Å². The summed E-state index contributed by atoms with van der Waals surface area (Å²) in [7, 11) is 2.17. The minimum Gasteiger partial charge on any atom is -0.354 e. The smallest absolute Gasteiger partial charge is 0.220 e. The Balaban J connectivity index is 1.56. The van der Waals surface area contributed by atoms with E-state index in [-0.39, 0.29) is 17.9 Å². The molecule has 2 aromatic rings. The molecule has 2 unspecified atom stereocenters. The lowest BCUT2D eigenvalue weighted by atomic mass is 9.97. The zero-order chi connectivity index (χ0) is 18.4. The third-order valence-electron chi connectivity index (χ3n) is 5.20. The second kappa shape index (κ2) is 9.31. The summed E-state index contributed by atoms with van der Waals surface area (Å²) < 4.78 is 0. The van der Waals surface area contributed by atoms with E-state index in [2.05, 4.69) is 58.7 Å². The SMILES string of the molecule is CC(CC(=O)NCC(c1cccs1)N1CCN(C)CC1)c1ccccc1. The Labute approximate surface area is 160 Å². The molecule has 1 aromatic carbocycles. The number of hydrogen-bond acceptors (Lipinski definition) is 4. The fraction of sp³-hybridized carbons (Fsp3) is 0.476. The molecule has 5 heteroatoms. The molecule has 1 aliphatic heterocycles. The molecule has 0 spiro atoms. The molecule has 4 nitrogen and oxygen atoms in total. The zero-order valence-corrected chi connectivity index (χ0v) is 16.5. The molecular weight excluding hydrogens is 342 g/mol. The molecule has 1 saturated heterocycles. The number of nitrogens with zero attached hydrogens (tertiary/aromatic N) is 2. The summed E-state index contributed by atoms with van der Waals surface area (Å²) in [5.41, 5.74) is 1.22. The normalized spacial score (nSPS) is 18.4. The van der Waals surface area contributed by atoms with Gasteiger partial charge in [0.25, 0.3) is 0 Å². The van der Waals surface area contributed by atoms with Crippen molar-refractivity contribution in [2.45, 2.75) is 25.3 Å². The number of carbonyl (C=O) groups excluding carboxylic acids is 1. The molecule has 1 amide bonds. The number of amides is 1. The van der Waals surface area contributed by atoms with Gasteiger partial charge >= 0.3 is 0 Å². The maximum atomic E-state index is 12.5. The Morgan fingerprint density at radius 3 is 2.50 bits per heavy atom. The number of rotatable bonds is 7. The van der Waals surface area contributed by atoms with E-state index in [1.54, 1.807) is 11.3 Å². The summed E-state index contributed by atoms with van der Waals surface area (Å²) in [6, 6.07) is 14.8. The average molecular weight is 372 g/mol. The first-order valence-electron chi connectivity index (χ1n) is 9.41. The third-order valence-corrected chi connectivity index (χ3v) is 6.18. The predicted octanol–water partition coefficient (Wildman–Crippen LogP) is 3.35. The molecule has 1 aromatic heterocycles. The van der Waals surface area contributed by atoms with Crippen molar-refractivity contribution in [2.24, 2.45) is 0 Å². The van der Waals surface area contributed by atoms with Crippen LogP contribution in [0.1, 0.15) is 35.7 Å². The van der Waals surface area contributed by atoms with E-state index in [1.165, 1.54) is 10.4 Å². The average Bonchev–Trinajstić information content (AvgIpc) is 3.18. The van der Waals surface area contributed by atoms with Crippen molar-refractivity contribution in [3.63, 3.8) is 0 Å². The van der Waals surface area contributed by atoms with E-state index in [9.17, 15) is 4.79 Å². The second-order valence-corrected chi connectivity index (χ2v) is 8.17. The van der Waals surface area contributed by atoms with Gasteiger partial charge in [0.1, 0.15) is 0 Å². The topological polar surface area (TPSA) is 35.6 Å². The molecule has 0 aliphatic carbocycles. The van der Waals surface area contributed by atoms with Crippen LogP contribution in [0.25, 0.3) is 0 Å². The van der Waals surface area contributed by atoms with Gasteiger partial charge in [0.05, 0.1) is 6.04 Å². The maximum absolute atomic E-state index is 12.5. The number of thiophene rings is 1. The third kappa shape index (κ3) is 5.16. The maximum Gasteiger partial charge on any atom is 0.220 e. The van der Waals surface area contributed by atoms with Crippen LogP contribution in [0.3, 0.4) is 0 Å². The van der Waals surface area contributed by atoms with Gasteiger partial charge in [-0.1, -0.05) is 43.3 Å². The van der Waals surface area contributed by atoms with Crippen LogP contribution in [0.2, 0.25) is 0 Å². The van der Waals surface area contributed by atoms with Gasteiger partial charge < -0.3 is 10.2 Å². The fourth-order valence-corrected chi connectivity index (χ4v) is 4.35. The van der Waals surface area contributed by atoms with Gasteiger partial charge in [-0.15, -0.1) is 11.3 Å². The van der Waals surface area contributed by atoms with Crippen molar-refractivity contribution in [3.8, 4) is 0 Å². The first-order valence-corrected chi connectivity index (χ1v) is 10.3. The lowest BCUT2D eigenvalue weighted by molar-refractivity contribution is -0.121. The number of nitrogens with one attached hydrogen (secondary N) is 1. The van der Waals surface area contributed by atoms with E-state index in [4.69, 9.17) is 0 Å². The molecule has 0 bridgehead atoms. The Morgan fingerprint density at radius 2 is 1.85 bits per heavy atom. The lowest BCUT2D eigenvalue weighted by Gasteiger charge is -2.37.